The van der Waals surface area contributed by atoms with Crippen LogP contribution >= 0.6 is 23.5 Å². The number of rotatable bonds is 4. The molecule has 3 unspecified atom stereocenters. The van der Waals surface area contributed by atoms with Crippen molar-refractivity contribution in [2.45, 2.75) is 49.0 Å². The zero-order chi connectivity index (χ0) is 16.5. The Bertz CT molecular complexity index is 745. The van der Waals surface area contributed by atoms with E-state index in [1.54, 1.807) is 0 Å². The van der Waals surface area contributed by atoms with Gasteiger partial charge in [0.2, 0.25) is 5.89 Å². The third-order valence-electron chi connectivity index (χ3n) is 4.62. The van der Waals surface area contributed by atoms with Gasteiger partial charge < -0.3 is 4.42 Å². The van der Waals surface area contributed by atoms with E-state index in [1.807, 2.05) is 24.0 Å². The minimum Gasteiger partial charge on any atom is -0.439 e. The average Bonchev–Trinajstić information content (AvgIpc) is 3.24. The van der Waals surface area contributed by atoms with Crippen molar-refractivity contribution < 1.29 is 4.42 Å². The number of nitrogens with zero attached hydrogens (tertiary/aromatic N) is 3. The molecule has 2 aliphatic rings. The van der Waals surface area contributed by atoms with Crippen LogP contribution in [-0.2, 0) is 0 Å². The Balaban J connectivity index is 1.42. The number of hydrogen-bond donors (Lipinski definition) is 0. The summed E-state index contributed by atoms with van der Waals surface area (Å²) in [4.78, 5) is 4.69. The van der Waals surface area contributed by atoms with E-state index in [2.05, 4.69) is 52.8 Å². The number of aryl methyl sites for hydroxylation is 1. The molecule has 24 heavy (non-hydrogen) atoms. The summed E-state index contributed by atoms with van der Waals surface area (Å²) in [5, 5.41) is 7.09. The summed E-state index contributed by atoms with van der Waals surface area (Å²) in [6.07, 6.45) is 5.58. The summed E-state index contributed by atoms with van der Waals surface area (Å²) in [7, 11) is 0. The standard InChI is InChI=1S/C18H23N3OS2/c1-12-4-5-15-16(10-12)22-18(20-15)13(2)24-17-11-14(6-9-23-17)21-8-3-7-19-21/h4-5,7,10,13-14,17H,3,6,8-9,11H2,1-2H3. The lowest BCUT2D eigenvalue weighted by Crippen LogP contribution is -2.34. The molecule has 1 saturated heterocycles. The molecule has 4 nitrogen and oxygen atoms in total. The van der Waals surface area contributed by atoms with Gasteiger partial charge in [0.1, 0.15) is 5.52 Å². The maximum Gasteiger partial charge on any atom is 0.208 e. The summed E-state index contributed by atoms with van der Waals surface area (Å²) in [6.45, 7) is 5.38. The first kappa shape index (κ1) is 16.3. The molecule has 4 rings (SSSR count). The van der Waals surface area contributed by atoms with Crippen LogP contribution in [0.3, 0.4) is 0 Å². The van der Waals surface area contributed by atoms with E-state index in [1.165, 1.54) is 24.2 Å². The van der Waals surface area contributed by atoms with Crippen molar-refractivity contribution in [2.24, 2.45) is 5.10 Å². The first-order valence-corrected chi connectivity index (χ1v) is 10.6. The highest BCUT2D eigenvalue weighted by atomic mass is 32.2. The van der Waals surface area contributed by atoms with Gasteiger partial charge in [-0.1, -0.05) is 6.07 Å². The minimum atomic E-state index is 0.274. The summed E-state index contributed by atoms with van der Waals surface area (Å²) in [6, 6.07) is 6.80. The summed E-state index contributed by atoms with van der Waals surface area (Å²) < 4.78 is 6.59. The van der Waals surface area contributed by atoms with Crippen LogP contribution < -0.4 is 0 Å². The van der Waals surface area contributed by atoms with Crippen LogP contribution in [0.1, 0.15) is 42.9 Å². The second kappa shape index (κ2) is 7.00. The van der Waals surface area contributed by atoms with E-state index in [9.17, 15) is 0 Å². The van der Waals surface area contributed by atoms with Gasteiger partial charge in [0.15, 0.2) is 5.58 Å². The fourth-order valence-corrected chi connectivity index (χ4v) is 6.44. The Morgan fingerprint density at radius 1 is 1.42 bits per heavy atom. The highest BCUT2D eigenvalue weighted by Gasteiger charge is 2.30. The largest absolute Gasteiger partial charge is 0.439 e. The molecule has 0 amide bonds. The van der Waals surface area contributed by atoms with Gasteiger partial charge in [-0.3, -0.25) is 5.01 Å². The van der Waals surface area contributed by atoms with Gasteiger partial charge in [-0.25, -0.2) is 4.98 Å². The number of hydrazone groups is 1. The molecule has 3 heterocycles. The third kappa shape index (κ3) is 3.45. The Morgan fingerprint density at radius 3 is 3.17 bits per heavy atom. The summed E-state index contributed by atoms with van der Waals surface area (Å²) >= 11 is 4.06. The van der Waals surface area contributed by atoms with Crippen LogP contribution in [0.2, 0.25) is 0 Å². The second-order valence-corrected chi connectivity index (χ2v) is 9.69. The van der Waals surface area contributed by atoms with Gasteiger partial charge in [0.25, 0.3) is 0 Å². The van der Waals surface area contributed by atoms with Gasteiger partial charge in [-0.2, -0.15) is 5.10 Å². The van der Waals surface area contributed by atoms with E-state index in [4.69, 9.17) is 4.42 Å². The third-order valence-corrected chi connectivity index (χ3v) is 7.51. The molecule has 0 radical (unpaired) electrons. The maximum atomic E-state index is 6.00. The lowest BCUT2D eigenvalue weighted by atomic mass is 10.1. The molecule has 0 spiro atoms. The number of thioether (sulfide) groups is 2. The van der Waals surface area contributed by atoms with Crippen LogP contribution in [0.15, 0.2) is 27.7 Å². The predicted octanol–water partition coefficient (Wildman–Crippen LogP) is 4.84. The molecular formula is C18H23N3OS2. The van der Waals surface area contributed by atoms with E-state index >= 15 is 0 Å². The second-order valence-electron chi connectivity index (χ2n) is 6.53. The molecule has 2 aromatic rings. The van der Waals surface area contributed by atoms with E-state index in [-0.39, 0.29) is 5.25 Å². The fraction of sp³-hybridized carbons (Fsp3) is 0.556. The van der Waals surface area contributed by atoms with Crippen molar-refractivity contribution in [3.8, 4) is 0 Å². The van der Waals surface area contributed by atoms with Gasteiger partial charge in [0, 0.05) is 25.2 Å². The highest BCUT2D eigenvalue weighted by molar-refractivity contribution is 8.17. The van der Waals surface area contributed by atoms with Crippen LogP contribution in [0.25, 0.3) is 11.1 Å². The van der Waals surface area contributed by atoms with Crippen LogP contribution in [0, 0.1) is 6.92 Å². The minimum absolute atomic E-state index is 0.274. The van der Waals surface area contributed by atoms with E-state index in [0.717, 1.165) is 30.0 Å². The van der Waals surface area contributed by atoms with E-state index in [0.29, 0.717) is 10.6 Å². The number of oxazole rings is 1. The lowest BCUT2D eigenvalue weighted by Gasteiger charge is -2.34. The monoisotopic (exact) mass is 361 g/mol. The van der Waals surface area contributed by atoms with Crippen molar-refractivity contribution in [3.05, 3.63) is 29.7 Å². The number of benzene rings is 1. The topological polar surface area (TPSA) is 41.6 Å². The summed E-state index contributed by atoms with van der Waals surface area (Å²) in [5.41, 5.74) is 3.07. The molecule has 3 atom stereocenters. The van der Waals surface area contributed by atoms with Crippen molar-refractivity contribution >= 4 is 40.8 Å². The van der Waals surface area contributed by atoms with Crippen molar-refractivity contribution in [1.29, 1.82) is 0 Å². The van der Waals surface area contributed by atoms with Crippen LogP contribution in [0.4, 0.5) is 0 Å². The molecule has 1 fully saturated rings. The molecule has 0 bridgehead atoms. The molecule has 0 N–H and O–H groups in total. The quantitative estimate of drug-likeness (QED) is 0.779. The fourth-order valence-electron chi connectivity index (χ4n) is 3.31. The smallest absolute Gasteiger partial charge is 0.208 e. The first-order valence-electron chi connectivity index (χ1n) is 8.62. The molecule has 0 saturated carbocycles. The normalized spacial score (nSPS) is 25.5. The van der Waals surface area contributed by atoms with Crippen LogP contribution in [-0.4, -0.2) is 39.1 Å². The first-order chi connectivity index (χ1) is 11.7. The Labute approximate surface area is 151 Å². The Morgan fingerprint density at radius 2 is 2.33 bits per heavy atom. The molecule has 6 heteroatoms. The molecule has 0 aliphatic carbocycles. The zero-order valence-electron chi connectivity index (χ0n) is 14.1. The van der Waals surface area contributed by atoms with Gasteiger partial charge in [0.05, 0.1) is 9.83 Å². The van der Waals surface area contributed by atoms with Crippen LogP contribution in [0.5, 0.6) is 0 Å². The van der Waals surface area contributed by atoms with Crippen molar-refractivity contribution in [3.63, 3.8) is 0 Å². The van der Waals surface area contributed by atoms with Gasteiger partial charge in [-0.05, 0) is 50.1 Å². The zero-order valence-corrected chi connectivity index (χ0v) is 15.8. The number of aromatic nitrogens is 1. The number of hydrogen-bond acceptors (Lipinski definition) is 6. The van der Waals surface area contributed by atoms with Crippen molar-refractivity contribution in [1.82, 2.24) is 9.99 Å². The molecule has 1 aromatic carbocycles. The average molecular weight is 362 g/mol. The Kier molecular flexibility index (Phi) is 4.77. The highest BCUT2D eigenvalue weighted by Crippen LogP contribution is 2.43. The van der Waals surface area contributed by atoms with E-state index < -0.39 is 0 Å². The Hall–Kier alpha value is -1.14. The molecular weight excluding hydrogens is 338 g/mol. The maximum absolute atomic E-state index is 6.00. The lowest BCUT2D eigenvalue weighted by molar-refractivity contribution is 0.212. The molecule has 2 aliphatic heterocycles. The molecule has 1 aromatic heterocycles. The predicted molar refractivity (Wildman–Crippen MR) is 104 cm³/mol. The van der Waals surface area contributed by atoms with Gasteiger partial charge >= 0.3 is 0 Å². The molecule has 128 valence electrons. The SMILES string of the molecule is Cc1ccc2nc(C(C)SC3CC(N4CCC=N4)CCS3)oc2c1. The van der Waals surface area contributed by atoms with Gasteiger partial charge in [-0.15, -0.1) is 23.5 Å². The number of fused-ring (bicyclic) bond motifs is 1. The summed E-state index contributed by atoms with van der Waals surface area (Å²) in [5.74, 6) is 2.07. The van der Waals surface area contributed by atoms with Crippen molar-refractivity contribution in [2.75, 3.05) is 12.3 Å².